The smallest absolute Gasteiger partial charge is 0.311 e. The van der Waals surface area contributed by atoms with Gasteiger partial charge in [0.25, 0.3) is 0 Å². The monoisotopic (exact) mass is 226 g/mol. The molecule has 0 aliphatic rings. The van der Waals surface area contributed by atoms with E-state index >= 15 is 0 Å². The molecule has 1 unspecified atom stereocenters. The number of rotatable bonds is 5. The summed E-state index contributed by atoms with van der Waals surface area (Å²) in [5.41, 5.74) is 0.745. The molecule has 0 saturated carbocycles. The lowest BCUT2D eigenvalue weighted by atomic mass is 9.96. The highest BCUT2D eigenvalue weighted by Gasteiger charge is 2.18. The lowest BCUT2D eigenvalue weighted by molar-refractivity contribution is -0.139. The fourth-order valence-corrected chi connectivity index (χ4v) is 1.81. The molecule has 2 N–H and O–H groups in total. The number of benzene rings is 1. The molecule has 0 fully saturated rings. The van der Waals surface area contributed by atoms with Gasteiger partial charge >= 0.3 is 5.97 Å². The van der Waals surface area contributed by atoms with E-state index in [0.717, 1.165) is 10.5 Å². The molecule has 0 aliphatic carbocycles. The molecule has 0 amide bonds. The first-order valence-electron chi connectivity index (χ1n) is 4.66. The number of aliphatic hydroxyl groups excluding tert-OH is 1. The van der Waals surface area contributed by atoms with Crippen LogP contribution in [0.25, 0.3) is 0 Å². The molecule has 1 atom stereocenters. The van der Waals surface area contributed by atoms with E-state index in [1.165, 1.54) is 0 Å². The quantitative estimate of drug-likeness (QED) is 0.753. The number of carbonyl (C=O) groups is 1. The Kier molecular flexibility index (Phi) is 4.65. The van der Waals surface area contributed by atoms with Crippen LogP contribution in [0.1, 0.15) is 17.9 Å². The summed E-state index contributed by atoms with van der Waals surface area (Å²) in [5, 5.41) is 17.7. The maximum Gasteiger partial charge on any atom is 0.311 e. The van der Waals surface area contributed by atoms with Crippen molar-refractivity contribution in [2.75, 3.05) is 12.9 Å². The molecule has 1 aromatic rings. The van der Waals surface area contributed by atoms with Crippen LogP contribution in [0.3, 0.4) is 0 Å². The summed E-state index contributed by atoms with van der Waals surface area (Å²) in [6.45, 7) is -0.110. The molecule has 0 bridgehead atoms. The summed E-state index contributed by atoms with van der Waals surface area (Å²) in [7, 11) is 0. The molecule has 0 radical (unpaired) electrons. The molecule has 3 nitrogen and oxygen atoms in total. The second-order valence-electron chi connectivity index (χ2n) is 3.18. The lowest BCUT2D eigenvalue weighted by Gasteiger charge is -2.11. The van der Waals surface area contributed by atoms with Gasteiger partial charge in [-0.25, -0.2) is 0 Å². The molecular formula is C11H14O3S. The van der Waals surface area contributed by atoms with Crippen molar-refractivity contribution < 1.29 is 15.0 Å². The van der Waals surface area contributed by atoms with Crippen LogP contribution in [-0.4, -0.2) is 29.0 Å². The Bertz CT molecular complexity index is 321. The van der Waals surface area contributed by atoms with Gasteiger partial charge < -0.3 is 10.2 Å². The zero-order chi connectivity index (χ0) is 11.3. The maximum atomic E-state index is 10.9. The summed E-state index contributed by atoms with van der Waals surface area (Å²) in [5.74, 6) is -1.49. The number of thioether (sulfide) groups is 1. The zero-order valence-electron chi connectivity index (χ0n) is 8.51. The second kappa shape index (κ2) is 5.78. The Hall–Kier alpha value is -1.00. The number of hydrogen-bond donors (Lipinski definition) is 2. The topological polar surface area (TPSA) is 57.5 Å². The van der Waals surface area contributed by atoms with Gasteiger partial charge in [0.1, 0.15) is 0 Å². The van der Waals surface area contributed by atoms with Gasteiger partial charge in [0.2, 0.25) is 0 Å². The Labute approximate surface area is 93.1 Å². The van der Waals surface area contributed by atoms with Crippen LogP contribution in [-0.2, 0) is 4.79 Å². The molecule has 1 aromatic carbocycles. The van der Waals surface area contributed by atoms with Crippen molar-refractivity contribution in [2.24, 2.45) is 0 Å². The largest absolute Gasteiger partial charge is 0.481 e. The highest BCUT2D eigenvalue weighted by molar-refractivity contribution is 7.98. The third-order valence-electron chi connectivity index (χ3n) is 2.23. The van der Waals surface area contributed by atoms with Gasteiger partial charge in [-0.3, -0.25) is 4.79 Å². The van der Waals surface area contributed by atoms with E-state index in [0.29, 0.717) is 0 Å². The Morgan fingerprint density at radius 2 is 2.00 bits per heavy atom. The number of carboxylic acids is 1. The van der Waals surface area contributed by atoms with Gasteiger partial charge in [0.15, 0.2) is 0 Å². The van der Waals surface area contributed by atoms with Crippen molar-refractivity contribution in [3.8, 4) is 0 Å². The van der Waals surface area contributed by atoms with E-state index in [4.69, 9.17) is 10.2 Å². The molecule has 0 heterocycles. The van der Waals surface area contributed by atoms with Crippen molar-refractivity contribution in [3.63, 3.8) is 0 Å². The highest BCUT2D eigenvalue weighted by Crippen LogP contribution is 2.22. The fraction of sp³-hybridized carbons (Fsp3) is 0.364. The molecule has 0 aliphatic heterocycles. The van der Waals surface area contributed by atoms with Gasteiger partial charge in [-0.1, -0.05) is 12.1 Å². The molecule has 0 aromatic heterocycles. The van der Waals surface area contributed by atoms with Crippen LogP contribution < -0.4 is 0 Å². The first-order chi connectivity index (χ1) is 7.19. The van der Waals surface area contributed by atoms with Gasteiger partial charge in [-0.05, 0) is 30.4 Å². The van der Waals surface area contributed by atoms with E-state index in [2.05, 4.69) is 0 Å². The summed E-state index contributed by atoms with van der Waals surface area (Å²) >= 11 is 1.61. The van der Waals surface area contributed by atoms with Crippen LogP contribution in [0.2, 0.25) is 0 Å². The van der Waals surface area contributed by atoms with Gasteiger partial charge in [-0.15, -0.1) is 11.8 Å². The predicted molar refractivity (Wildman–Crippen MR) is 60.3 cm³/mol. The minimum Gasteiger partial charge on any atom is -0.481 e. The van der Waals surface area contributed by atoms with E-state index in [1.54, 1.807) is 23.9 Å². The SMILES string of the molecule is CSc1ccc(C(CCO)C(=O)O)cc1. The van der Waals surface area contributed by atoms with E-state index < -0.39 is 11.9 Å². The minimum atomic E-state index is -0.888. The number of aliphatic hydroxyl groups is 1. The van der Waals surface area contributed by atoms with Crippen molar-refractivity contribution in [2.45, 2.75) is 17.2 Å². The highest BCUT2D eigenvalue weighted by atomic mass is 32.2. The third kappa shape index (κ3) is 3.25. The maximum absolute atomic E-state index is 10.9. The van der Waals surface area contributed by atoms with Crippen LogP contribution in [0, 0.1) is 0 Å². The van der Waals surface area contributed by atoms with Crippen LogP contribution in [0.15, 0.2) is 29.2 Å². The molecule has 1 rings (SSSR count). The normalized spacial score (nSPS) is 12.4. The Morgan fingerprint density at radius 1 is 1.40 bits per heavy atom. The number of hydrogen-bond acceptors (Lipinski definition) is 3. The zero-order valence-corrected chi connectivity index (χ0v) is 9.33. The molecule has 0 spiro atoms. The van der Waals surface area contributed by atoms with E-state index in [1.807, 2.05) is 18.4 Å². The number of carboxylic acid groups (broad SMARTS) is 1. The van der Waals surface area contributed by atoms with Crippen LogP contribution in [0.5, 0.6) is 0 Å². The minimum absolute atomic E-state index is 0.110. The second-order valence-corrected chi connectivity index (χ2v) is 4.06. The summed E-state index contributed by atoms with van der Waals surface area (Å²) in [4.78, 5) is 12.0. The van der Waals surface area contributed by atoms with Gasteiger partial charge in [-0.2, -0.15) is 0 Å². The number of aliphatic carboxylic acids is 1. The van der Waals surface area contributed by atoms with Crippen molar-refractivity contribution in [3.05, 3.63) is 29.8 Å². The Balaban J connectivity index is 2.86. The first kappa shape index (κ1) is 12.1. The molecule has 15 heavy (non-hydrogen) atoms. The Morgan fingerprint density at radius 3 is 2.40 bits per heavy atom. The molecular weight excluding hydrogens is 212 g/mol. The molecule has 82 valence electrons. The van der Waals surface area contributed by atoms with Crippen molar-refractivity contribution in [1.82, 2.24) is 0 Å². The summed E-state index contributed by atoms with van der Waals surface area (Å²) in [6.07, 6.45) is 2.23. The lowest BCUT2D eigenvalue weighted by Crippen LogP contribution is -2.13. The van der Waals surface area contributed by atoms with Crippen LogP contribution in [0.4, 0.5) is 0 Å². The van der Waals surface area contributed by atoms with E-state index in [-0.39, 0.29) is 13.0 Å². The molecule has 0 saturated heterocycles. The first-order valence-corrected chi connectivity index (χ1v) is 5.89. The summed E-state index contributed by atoms with van der Waals surface area (Å²) < 4.78 is 0. The van der Waals surface area contributed by atoms with Gasteiger partial charge in [0, 0.05) is 11.5 Å². The third-order valence-corrected chi connectivity index (χ3v) is 2.98. The molecule has 4 heteroatoms. The predicted octanol–water partition coefficient (Wildman–Crippen LogP) is 1.96. The fourth-order valence-electron chi connectivity index (χ4n) is 1.40. The standard InChI is InChI=1S/C11H14O3S/c1-15-9-4-2-8(3-5-9)10(6-7-12)11(13)14/h2-5,10,12H,6-7H2,1H3,(H,13,14). The van der Waals surface area contributed by atoms with Crippen LogP contribution >= 0.6 is 11.8 Å². The average Bonchev–Trinajstić information content (AvgIpc) is 2.26. The van der Waals surface area contributed by atoms with E-state index in [9.17, 15) is 4.79 Å². The van der Waals surface area contributed by atoms with Crippen molar-refractivity contribution in [1.29, 1.82) is 0 Å². The van der Waals surface area contributed by atoms with Crippen molar-refractivity contribution >= 4 is 17.7 Å². The van der Waals surface area contributed by atoms with Gasteiger partial charge in [0.05, 0.1) is 5.92 Å². The summed E-state index contributed by atoms with van der Waals surface area (Å²) in [6, 6.07) is 7.40. The average molecular weight is 226 g/mol.